The summed E-state index contributed by atoms with van der Waals surface area (Å²) in [7, 11) is 2.65. The lowest BCUT2D eigenvalue weighted by Gasteiger charge is -2.12. The number of hydrogen-bond donors (Lipinski definition) is 0. The van der Waals surface area contributed by atoms with Crippen LogP contribution in [0.1, 0.15) is 5.56 Å². The number of benzene rings is 1. The van der Waals surface area contributed by atoms with Gasteiger partial charge < -0.3 is 4.57 Å². The number of hydrogen-bond acceptors (Lipinski definition) is 3. The highest BCUT2D eigenvalue weighted by molar-refractivity contribution is 7.99. The van der Waals surface area contributed by atoms with Gasteiger partial charge in [-0.15, -0.1) is 11.8 Å². The van der Waals surface area contributed by atoms with Crippen LogP contribution in [-0.2, 0) is 14.1 Å². The van der Waals surface area contributed by atoms with Gasteiger partial charge in [-0.25, -0.2) is 9.18 Å². The Balaban J connectivity index is 2.60. The largest absolute Gasteiger partial charge is 0.398 e. The average molecular weight is 362 g/mol. The third kappa shape index (κ3) is 3.72. The molecule has 0 fully saturated rings. The first kappa shape index (κ1) is 18.3. The van der Waals surface area contributed by atoms with Gasteiger partial charge in [-0.1, -0.05) is 0 Å². The number of nitrogens with zero attached hydrogens (tertiary/aromatic N) is 2. The van der Waals surface area contributed by atoms with Gasteiger partial charge in [0.2, 0.25) is 0 Å². The molecule has 24 heavy (non-hydrogen) atoms. The number of aromatic nitrogens is 2. The van der Waals surface area contributed by atoms with Gasteiger partial charge in [0.1, 0.15) is 5.82 Å². The molecule has 0 radical (unpaired) electrons. The molecule has 1 aromatic carbocycles. The Morgan fingerprint density at radius 3 is 2.33 bits per heavy atom. The average Bonchev–Trinajstić information content (AvgIpc) is 2.47. The summed E-state index contributed by atoms with van der Waals surface area (Å²) in [5.41, 5.74) is -1.19. The van der Waals surface area contributed by atoms with E-state index in [0.29, 0.717) is 17.3 Å². The smallest absolute Gasteiger partial charge is 0.303 e. The Labute approximate surface area is 138 Å². The van der Waals surface area contributed by atoms with Gasteiger partial charge in [-0.3, -0.25) is 9.36 Å². The summed E-state index contributed by atoms with van der Waals surface area (Å²) < 4.78 is 53.4. The fourth-order valence-corrected chi connectivity index (χ4v) is 2.97. The second-order valence-electron chi connectivity index (χ2n) is 5.30. The van der Waals surface area contributed by atoms with E-state index in [2.05, 4.69) is 0 Å². The topological polar surface area (TPSA) is 44.0 Å². The summed E-state index contributed by atoms with van der Waals surface area (Å²) >= 11 is 0.520. The van der Waals surface area contributed by atoms with Crippen LogP contribution >= 0.6 is 11.8 Å². The summed E-state index contributed by atoms with van der Waals surface area (Å²) in [6.07, 6.45) is -3.19. The summed E-state index contributed by atoms with van der Waals surface area (Å²) in [6, 6.07) is 2.29. The van der Waals surface area contributed by atoms with E-state index in [0.717, 1.165) is 15.2 Å². The van der Waals surface area contributed by atoms with Crippen LogP contribution < -0.4 is 11.2 Å². The van der Waals surface area contributed by atoms with Crippen molar-refractivity contribution in [2.75, 3.05) is 5.75 Å². The highest BCUT2D eigenvalue weighted by Gasteiger charge is 2.28. The molecule has 0 unspecified atom stereocenters. The predicted molar refractivity (Wildman–Crippen MR) is 83.8 cm³/mol. The van der Waals surface area contributed by atoms with E-state index in [4.69, 9.17) is 0 Å². The minimum atomic E-state index is -4.36. The van der Waals surface area contributed by atoms with Crippen molar-refractivity contribution in [3.8, 4) is 11.1 Å². The standard InChI is InChI=1S/C15H14F4N2O2S/c1-8-4-11(16)9(5-12(8)24-7-15(17,18)19)10-6-20(2)14(23)21(3)13(10)22/h4-6H,7H2,1-3H3. The molecule has 2 rings (SSSR count). The van der Waals surface area contributed by atoms with Crippen molar-refractivity contribution in [1.29, 1.82) is 0 Å². The maximum atomic E-state index is 14.3. The van der Waals surface area contributed by atoms with Crippen molar-refractivity contribution in [2.24, 2.45) is 14.1 Å². The quantitative estimate of drug-likeness (QED) is 0.623. The lowest BCUT2D eigenvalue weighted by atomic mass is 10.1. The molecule has 9 heteroatoms. The number of aryl methyl sites for hydroxylation is 2. The molecule has 0 atom stereocenters. The number of halogens is 4. The van der Waals surface area contributed by atoms with E-state index in [9.17, 15) is 27.2 Å². The van der Waals surface area contributed by atoms with Gasteiger partial charge in [-0.05, 0) is 24.6 Å². The first-order valence-corrected chi connectivity index (χ1v) is 7.76. The summed E-state index contributed by atoms with van der Waals surface area (Å²) in [6.45, 7) is 1.49. The molecule has 1 heterocycles. The Kier molecular flexibility index (Phi) is 4.93. The van der Waals surface area contributed by atoms with Crippen LogP contribution in [-0.4, -0.2) is 21.1 Å². The molecule has 0 amide bonds. The van der Waals surface area contributed by atoms with Crippen molar-refractivity contribution in [1.82, 2.24) is 9.13 Å². The molecule has 0 saturated heterocycles. The van der Waals surface area contributed by atoms with Crippen LogP contribution in [0.5, 0.6) is 0 Å². The fourth-order valence-electron chi connectivity index (χ4n) is 2.17. The normalized spacial score (nSPS) is 11.8. The van der Waals surface area contributed by atoms with Crippen molar-refractivity contribution >= 4 is 11.8 Å². The molecule has 0 aliphatic heterocycles. The molecule has 0 spiro atoms. The SMILES string of the molecule is Cc1cc(F)c(-c2cn(C)c(=O)n(C)c2=O)cc1SCC(F)(F)F. The second kappa shape index (κ2) is 6.46. The molecule has 0 saturated carbocycles. The molecule has 0 aliphatic rings. The van der Waals surface area contributed by atoms with E-state index in [1.54, 1.807) is 0 Å². The van der Waals surface area contributed by atoms with Crippen LogP contribution in [0.15, 0.2) is 32.8 Å². The minimum Gasteiger partial charge on any atom is -0.303 e. The number of thioether (sulfide) groups is 1. The molecule has 4 nitrogen and oxygen atoms in total. The van der Waals surface area contributed by atoms with Gasteiger partial charge in [0.05, 0.1) is 11.3 Å². The Hall–Kier alpha value is -2.03. The van der Waals surface area contributed by atoms with Crippen molar-refractivity contribution in [3.05, 3.63) is 50.5 Å². The lowest BCUT2D eigenvalue weighted by molar-refractivity contribution is -0.105. The molecule has 130 valence electrons. The summed E-state index contributed by atoms with van der Waals surface area (Å²) in [4.78, 5) is 24.1. The lowest BCUT2D eigenvalue weighted by Crippen LogP contribution is -2.37. The Morgan fingerprint density at radius 1 is 1.12 bits per heavy atom. The van der Waals surface area contributed by atoms with Gasteiger partial charge in [0.15, 0.2) is 0 Å². The third-order valence-corrected chi connectivity index (χ3v) is 4.62. The number of rotatable bonds is 3. The van der Waals surface area contributed by atoms with E-state index < -0.39 is 29.0 Å². The van der Waals surface area contributed by atoms with Crippen molar-refractivity contribution < 1.29 is 17.6 Å². The second-order valence-corrected chi connectivity index (χ2v) is 6.32. The highest BCUT2D eigenvalue weighted by Crippen LogP contribution is 2.33. The molecule has 2 aromatic rings. The van der Waals surface area contributed by atoms with Crippen molar-refractivity contribution in [2.45, 2.75) is 18.0 Å². The highest BCUT2D eigenvalue weighted by atomic mass is 32.2. The van der Waals surface area contributed by atoms with Crippen LogP contribution in [0.4, 0.5) is 17.6 Å². The zero-order chi connectivity index (χ0) is 18.2. The number of alkyl halides is 3. The summed E-state index contributed by atoms with van der Waals surface area (Å²) in [5, 5.41) is 0. The first-order chi connectivity index (χ1) is 11.0. The zero-order valence-corrected chi connectivity index (χ0v) is 13.9. The van der Waals surface area contributed by atoms with E-state index in [-0.39, 0.29) is 16.0 Å². The summed E-state index contributed by atoms with van der Waals surface area (Å²) in [5.74, 6) is -1.86. The van der Waals surface area contributed by atoms with Gasteiger partial charge in [-0.2, -0.15) is 13.2 Å². The minimum absolute atomic E-state index is 0.0917. The molecule has 0 aliphatic carbocycles. The maximum Gasteiger partial charge on any atom is 0.398 e. The van der Waals surface area contributed by atoms with Crippen molar-refractivity contribution in [3.63, 3.8) is 0 Å². The van der Waals surface area contributed by atoms with Crippen LogP contribution in [0.25, 0.3) is 11.1 Å². The first-order valence-electron chi connectivity index (χ1n) is 6.78. The van der Waals surface area contributed by atoms with Gasteiger partial charge in [0.25, 0.3) is 5.56 Å². The zero-order valence-electron chi connectivity index (χ0n) is 13.1. The predicted octanol–water partition coefficient (Wildman–Crippen LogP) is 2.85. The molecule has 0 bridgehead atoms. The monoisotopic (exact) mass is 362 g/mol. The third-order valence-electron chi connectivity index (χ3n) is 3.39. The maximum absolute atomic E-state index is 14.3. The van der Waals surface area contributed by atoms with Crippen LogP contribution in [0.3, 0.4) is 0 Å². The van der Waals surface area contributed by atoms with Crippen LogP contribution in [0, 0.1) is 12.7 Å². The van der Waals surface area contributed by atoms with E-state index in [1.165, 1.54) is 33.3 Å². The van der Waals surface area contributed by atoms with E-state index >= 15 is 0 Å². The molecule has 0 N–H and O–H groups in total. The molecular weight excluding hydrogens is 348 g/mol. The van der Waals surface area contributed by atoms with E-state index in [1.807, 2.05) is 0 Å². The van der Waals surface area contributed by atoms with Crippen LogP contribution in [0.2, 0.25) is 0 Å². The van der Waals surface area contributed by atoms with Gasteiger partial charge >= 0.3 is 11.9 Å². The Morgan fingerprint density at radius 2 is 1.75 bits per heavy atom. The van der Waals surface area contributed by atoms with Gasteiger partial charge in [0, 0.05) is 30.8 Å². The molecular formula is C15H14F4N2O2S. The Bertz CT molecular complexity index is 900. The fraction of sp³-hybridized carbons (Fsp3) is 0.333. The molecule has 1 aromatic heterocycles.